The Hall–Kier alpha value is -0.640. The molecule has 4 rings (SSSR count). The quantitative estimate of drug-likeness (QED) is 0.493. The van der Waals surface area contributed by atoms with Crippen LogP contribution < -0.4 is 0 Å². The second-order valence-corrected chi connectivity index (χ2v) is 6.98. The number of ether oxygens (including phenoxy) is 3. The van der Waals surface area contributed by atoms with E-state index in [0.717, 1.165) is 0 Å². The Bertz CT molecular complexity index is 771. The first-order valence-electron chi connectivity index (χ1n) is 7.07. The Balaban J connectivity index is 1.79. The maximum absolute atomic E-state index is 6.07. The topological polar surface area (TPSA) is 71.3 Å². The molecule has 2 aromatic rings. The molecule has 0 N–H and O–H groups in total. The third-order valence-corrected chi connectivity index (χ3v) is 4.72. The van der Waals surface area contributed by atoms with Crippen molar-refractivity contribution in [2.75, 3.05) is 5.75 Å². The van der Waals surface area contributed by atoms with Gasteiger partial charge in [-0.05, 0) is 25.4 Å². The van der Waals surface area contributed by atoms with E-state index in [0.29, 0.717) is 16.9 Å². The van der Waals surface area contributed by atoms with Crippen molar-refractivity contribution in [2.45, 2.75) is 44.2 Å². The zero-order valence-electron chi connectivity index (χ0n) is 12.3. The van der Waals surface area contributed by atoms with E-state index in [9.17, 15) is 0 Å². The molecule has 2 fully saturated rings. The minimum Gasteiger partial charge on any atom is -0.348 e. The summed E-state index contributed by atoms with van der Waals surface area (Å²) in [6.07, 6.45) is 0.440. The molecular weight excluding hydrogens is 363 g/mol. The predicted molar refractivity (Wildman–Crippen MR) is 86.9 cm³/mol. The molecule has 2 aromatic heterocycles. The molecule has 0 aliphatic carbocycles. The highest BCUT2D eigenvalue weighted by molar-refractivity contribution is 7.80. The van der Waals surface area contributed by atoms with Crippen molar-refractivity contribution in [1.82, 2.24) is 19.5 Å². The van der Waals surface area contributed by atoms with Crippen molar-refractivity contribution in [3.63, 3.8) is 0 Å². The van der Waals surface area contributed by atoms with Crippen LogP contribution in [0.3, 0.4) is 0 Å². The molecule has 2 saturated heterocycles. The van der Waals surface area contributed by atoms with Crippen LogP contribution in [0.25, 0.3) is 11.2 Å². The van der Waals surface area contributed by atoms with Gasteiger partial charge in [-0.3, -0.25) is 4.57 Å². The number of nitrogens with zero attached hydrogens (tertiary/aromatic N) is 4. The highest BCUT2D eigenvalue weighted by Crippen LogP contribution is 2.44. The lowest BCUT2D eigenvalue weighted by Crippen LogP contribution is -2.30. The summed E-state index contributed by atoms with van der Waals surface area (Å²) in [4.78, 5) is 12.4. The normalized spacial score (nSPS) is 32.6. The molecule has 2 aliphatic heterocycles. The van der Waals surface area contributed by atoms with Crippen LogP contribution in [0.4, 0.5) is 0 Å². The maximum Gasteiger partial charge on any atom is 0.225 e. The molecular formula is C13H14Cl2N4O3S. The molecule has 2 aliphatic rings. The highest BCUT2D eigenvalue weighted by atomic mass is 35.5. The SMILES string of the molecule is CC1(C)O[C@@H]2[C@@H](O1)[C@@H](CS)O[C@H]2n1cnc2c(Cl)nc(Cl)nc21. The predicted octanol–water partition coefficient (Wildman–Crippen LogP) is 2.48. The van der Waals surface area contributed by atoms with Crippen LogP contribution in [-0.4, -0.2) is 49.4 Å². The number of halogens is 2. The van der Waals surface area contributed by atoms with E-state index in [4.69, 9.17) is 37.4 Å². The van der Waals surface area contributed by atoms with E-state index in [1.807, 2.05) is 13.8 Å². The van der Waals surface area contributed by atoms with Gasteiger partial charge in [-0.15, -0.1) is 0 Å². The molecule has 0 amide bonds. The van der Waals surface area contributed by atoms with Crippen LogP contribution in [0.5, 0.6) is 0 Å². The summed E-state index contributed by atoms with van der Waals surface area (Å²) in [5, 5.41) is 0.247. The summed E-state index contributed by atoms with van der Waals surface area (Å²) >= 11 is 16.3. The summed E-state index contributed by atoms with van der Waals surface area (Å²) in [6.45, 7) is 3.75. The minimum absolute atomic E-state index is 0.0495. The van der Waals surface area contributed by atoms with Gasteiger partial charge >= 0.3 is 0 Å². The van der Waals surface area contributed by atoms with Crippen LogP contribution in [0, 0.1) is 0 Å². The minimum atomic E-state index is -0.681. The van der Waals surface area contributed by atoms with Gasteiger partial charge in [-0.25, -0.2) is 9.97 Å². The van der Waals surface area contributed by atoms with Gasteiger partial charge in [0.25, 0.3) is 0 Å². The van der Waals surface area contributed by atoms with Gasteiger partial charge in [0.2, 0.25) is 5.28 Å². The first-order chi connectivity index (χ1) is 10.9. The van der Waals surface area contributed by atoms with Crippen LogP contribution in [0.15, 0.2) is 6.33 Å². The molecule has 0 saturated carbocycles. The fourth-order valence-corrected chi connectivity index (χ4v) is 3.79. The molecule has 0 bridgehead atoms. The monoisotopic (exact) mass is 376 g/mol. The van der Waals surface area contributed by atoms with Gasteiger partial charge in [-0.2, -0.15) is 17.6 Å². The van der Waals surface area contributed by atoms with Crippen LogP contribution >= 0.6 is 35.8 Å². The van der Waals surface area contributed by atoms with Gasteiger partial charge in [0.1, 0.15) is 17.7 Å². The van der Waals surface area contributed by atoms with Crippen LogP contribution in [-0.2, 0) is 14.2 Å². The number of aromatic nitrogens is 4. The first-order valence-corrected chi connectivity index (χ1v) is 8.46. The Morgan fingerprint density at radius 2 is 2.00 bits per heavy atom. The summed E-state index contributed by atoms with van der Waals surface area (Å²) < 4.78 is 19.8. The van der Waals surface area contributed by atoms with Gasteiger partial charge in [0.15, 0.2) is 22.8 Å². The van der Waals surface area contributed by atoms with Crippen molar-refractivity contribution in [3.8, 4) is 0 Å². The Labute approximate surface area is 147 Å². The second kappa shape index (κ2) is 5.44. The lowest BCUT2D eigenvalue weighted by atomic mass is 10.1. The molecule has 4 heterocycles. The summed E-state index contributed by atoms with van der Waals surface area (Å²) in [7, 11) is 0. The van der Waals surface area contributed by atoms with Gasteiger partial charge in [0.05, 0.1) is 12.4 Å². The molecule has 124 valence electrons. The summed E-state index contributed by atoms with van der Waals surface area (Å²) in [5.74, 6) is -0.167. The number of thiol groups is 1. The Morgan fingerprint density at radius 3 is 2.74 bits per heavy atom. The number of hydrogen-bond acceptors (Lipinski definition) is 7. The number of rotatable bonds is 2. The molecule has 4 atom stereocenters. The lowest BCUT2D eigenvalue weighted by Gasteiger charge is -2.24. The molecule has 23 heavy (non-hydrogen) atoms. The van der Waals surface area contributed by atoms with Gasteiger partial charge in [0, 0.05) is 5.75 Å². The van der Waals surface area contributed by atoms with E-state index in [2.05, 4.69) is 27.6 Å². The molecule has 0 unspecified atom stereocenters. The van der Waals surface area contributed by atoms with Crippen molar-refractivity contribution in [3.05, 3.63) is 16.8 Å². The molecule has 0 spiro atoms. The fourth-order valence-electron chi connectivity index (χ4n) is 3.07. The van der Waals surface area contributed by atoms with Crippen LogP contribution in [0.2, 0.25) is 10.4 Å². The number of hydrogen-bond donors (Lipinski definition) is 1. The third kappa shape index (κ3) is 2.52. The molecule has 0 aromatic carbocycles. The fraction of sp³-hybridized carbons (Fsp3) is 0.615. The third-order valence-electron chi connectivity index (χ3n) is 3.93. The van der Waals surface area contributed by atoms with E-state index in [1.165, 1.54) is 0 Å². The van der Waals surface area contributed by atoms with E-state index < -0.39 is 12.0 Å². The van der Waals surface area contributed by atoms with Gasteiger partial charge in [-0.1, -0.05) is 11.6 Å². The number of fused-ring (bicyclic) bond motifs is 2. The summed E-state index contributed by atoms with van der Waals surface area (Å²) in [5.41, 5.74) is 0.954. The van der Waals surface area contributed by atoms with E-state index in [-0.39, 0.29) is 28.7 Å². The lowest BCUT2D eigenvalue weighted by molar-refractivity contribution is -0.193. The van der Waals surface area contributed by atoms with Gasteiger partial charge < -0.3 is 14.2 Å². The largest absolute Gasteiger partial charge is 0.348 e. The maximum atomic E-state index is 6.07. The average molecular weight is 377 g/mol. The van der Waals surface area contributed by atoms with Crippen molar-refractivity contribution in [2.24, 2.45) is 0 Å². The smallest absolute Gasteiger partial charge is 0.225 e. The highest BCUT2D eigenvalue weighted by Gasteiger charge is 2.55. The zero-order chi connectivity index (χ0) is 16.4. The van der Waals surface area contributed by atoms with Crippen LogP contribution in [0.1, 0.15) is 20.1 Å². The average Bonchev–Trinajstić information content (AvgIpc) is 3.09. The van der Waals surface area contributed by atoms with Crippen molar-refractivity contribution in [1.29, 1.82) is 0 Å². The zero-order valence-corrected chi connectivity index (χ0v) is 14.7. The molecule has 0 radical (unpaired) electrons. The Morgan fingerprint density at radius 1 is 1.26 bits per heavy atom. The van der Waals surface area contributed by atoms with Crippen molar-refractivity contribution >= 4 is 47.0 Å². The Kier molecular flexibility index (Phi) is 3.75. The van der Waals surface area contributed by atoms with E-state index >= 15 is 0 Å². The first kappa shape index (κ1) is 15.9. The van der Waals surface area contributed by atoms with E-state index in [1.54, 1.807) is 10.9 Å². The second-order valence-electron chi connectivity index (χ2n) is 5.92. The molecule has 7 nitrogen and oxygen atoms in total. The van der Waals surface area contributed by atoms with Crippen molar-refractivity contribution < 1.29 is 14.2 Å². The summed E-state index contributed by atoms with van der Waals surface area (Å²) in [6, 6.07) is 0. The molecule has 10 heteroatoms. The standard InChI is InChI=1S/C13H14Cl2N4O3S/c1-13(2)21-7-5(3-23)20-11(8(7)22-13)19-4-16-6-9(14)17-12(15)18-10(6)19/h4-5,7-8,11,23H,3H2,1-2H3/t5-,7+,8-,11-/m1/s1. The number of imidazole rings is 1.